The molecule has 1 aromatic heterocycles. The van der Waals surface area contributed by atoms with Crippen molar-refractivity contribution in [1.82, 2.24) is 4.98 Å². The molecule has 0 saturated heterocycles. The number of ketones is 1. The van der Waals surface area contributed by atoms with E-state index in [1.54, 1.807) is 6.92 Å². The highest BCUT2D eigenvalue weighted by molar-refractivity contribution is 5.90. The number of rotatable bonds is 1. The van der Waals surface area contributed by atoms with Crippen LogP contribution in [0.5, 0.6) is 0 Å². The van der Waals surface area contributed by atoms with Crippen molar-refractivity contribution in [2.75, 3.05) is 0 Å². The van der Waals surface area contributed by atoms with Crippen LogP contribution in [0.25, 0.3) is 10.9 Å². The summed E-state index contributed by atoms with van der Waals surface area (Å²) in [4.78, 5) is 15.2. The van der Waals surface area contributed by atoms with Crippen LogP contribution in [0.3, 0.4) is 0 Å². The van der Waals surface area contributed by atoms with E-state index in [2.05, 4.69) is 23.2 Å². The molecule has 0 spiro atoms. The normalized spacial score (nSPS) is 19.9. The summed E-state index contributed by atoms with van der Waals surface area (Å²) in [7, 11) is 0. The highest BCUT2D eigenvalue weighted by Crippen LogP contribution is 2.35. The molecule has 0 radical (unpaired) electrons. The van der Waals surface area contributed by atoms with Crippen LogP contribution < -0.4 is 0 Å². The quantitative estimate of drug-likeness (QED) is 0.742. The Morgan fingerprint density at radius 2 is 2.12 bits per heavy atom. The molecule has 1 N–H and O–H groups in total. The summed E-state index contributed by atoms with van der Waals surface area (Å²) < 4.78 is 0. The first-order valence-electron chi connectivity index (χ1n) is 6.37. The van der Waals surface area contributed by atoms with Crippen molar-refractivity contribution in [1.29, 1.82) is 0 Å². The fourth-order valence-corrected chi connectivity index (χ4v) is 2.99. The van der Waals surface area contributed by atoms with Crippen LogP contribution in [-0.2, 0) is 11.2 Å². The van der Waals surface area contributed by atoms with Crippen LogP contribution in [0.4, 0.5) is 0 Å². The van der Waals surface area contributed by atoms with E-state index in [1.807, 2.05) is 6.07 Å². The van der Waals surface area contributed by atoms with Crippen molar-refractivity contribution in [2.24, 2.45) is 0 Å². The van der Waals surface area contributed by atoms with Crippen LogP contribution in [0.15, 0.2) is 24.3 Å². The van der Waals surface area contributed by atoms with Crippen molar-refractivity contribution in [3.05, 3.63) is 35.5 Å². The molecule has 1 aromatic carbocycles. The van der Waals surface area contributed by atoms with Gasteiger partial charge < -0.3 is 4.98 Å². The molecule has 1 aliphatic carbocycles. The number of Topliss-reactive ketones (excluding diaryl/α,β-unsaturated/α-hetero) is 1. The highest BCUT2D eigenvalue weighted by atomic mass is 16.1. The molecule has 17 heavy (non-hydrogen) atoms. The number of hydrogen-bond donors (Lipinski definition) is 1. The fraction of sp³-hybridized carbons (Fsp3) is 0.400. The number of carbonyl (C=O) groups excluding carboxylic acids is 1. The van der Waals surface area contributed by atoms with Gasteiger partial charge in [0.2, 0.25) is 0 Å². The van der Waals surface area contributed by atoms with E-state index in [0.29, 0.717) is 5.78 Å². The first-order chi connectivity index (χ1) is 8.27. The van der Waals surface area contributed by atoms with Crippen molar-refractivity contribution < 1.29 is 4.79 Å². The topological polar surface area (TPSA) is 32.9 Å². The maximum atomic E-state index is 11.8. The Kier molecular flexibility index (Phi) is 2.50. The van der Waals surface area contributed by atoms with Gasteiger partial charge in [-0.1, -0.05) is 24.6 Å². The van der Waals surface area contributed by atoms with E-state index >= 15 is 0 Å². The van der Waals surface area contributed by atoms with Crippen LogP contribution >= 0.6 is 0 Å². The number of para-hydroxylation sites is 1. The van der Waals surface area contributed by atoms with Gasteiger partial charge in [-0.25, -0.2) is 0 Å². The van der Waals surface area contributed by atoms with Crippen molar-refractivity contribution >= 4 is 16.7 Å². The van der Waals surface area contributed by atoms with Crippen molar-refractivity contribution in [2.45, 2.75) is 38.5 Å². The van der Waals surface area contributed by atoms with Gasteiger partial charge in [-0.3, -0.25) is 4.79 Å². The lowest BCUT2D eigenvalue weighted by Gasteiger charge is -2.10. The number of aromatic amines is 1. The molecule has 2 heteroatoms. The molecule has 1 unspecified atom stereocenters. The minimum atomic E-state index is 0.0832. The second-order valence-electron chi connectivity index (χ2n) is 4.97. The summed E-state index contributed by atoms with van der Waals surface area (Å²) in [5.74, 6) is 0.375. The highest BCUT2D eigenvalue weighted by Gasteiger charge is 2.25. The first-order valence-corrected chi connectivity index (χ1v) is 6.37. The Hall–Kier alpha value is -1.57. The average Bonchev–Trinajstić information content (AvgIpc) is 2.54. The second-order valence-corrected chi connectivity index (χ2v) is 4.97. The Labute approximate surface area is 101 Å². The SMILES string of the molecule is CC(=O)C1CCCCc2c1[nH]c1ccccc21. The molecular formula is C15H17NO. The van der Waals surface area contributed by atoms with E-state index in [1.165, 1.54) is 28.6 Å². The number of fused-ring (bicyclic) bond motifs is 3. The monoisotopic (exact) mass is 227 g/mol. The van der Waals surface area contributed by atoms with Gasteiger partial charge in [0.05, 0.1) is 5.92 Å². The number of carbonyl (C=O) groups is 1. The third-order valence-electron chi connectivity index (χ3n) is 3.86. The second kappa shape index (κ2) is 4.02. The van der Waals surface area contributed by atoms with Gasteiger partial charge in [0.25, 0.3) is 0 Å². The standard InChI is InChI=1S/C15H17NO/c1-10(17)11-6-2-3-8-13-12-7-4-5-9-14(12)16-15(11)13/h4-5,7,9,11,16H,2-3,6,8H2,1H3. The van der Waals surface area contributed by atoms with Crippen LogP contribution in [0.2, 0.25) is 0 Å². The van der Waals surface area contributed by atoms with Crippen molar-refractivity contribution in [3.8, 4) is 0 Å². The summed E-state index contributed by atoms with van der Waals surface area (Å²) in [6, 6.07) is 8.37. The molecule has 1 atom stereocenters. The Bertz CT molecular complexity index is 567. The molecule has 0 bridgehead atoms. The number of benzene rings is 1. The smallest absolute Gasteiger partial charge is 0.138 e. The summed E-state index contributed by atoms with van der Waals surface area (Å²) in [6.45, 7) is 1.71. The molecule has 1 heterocycles. The molecular weight excluding hydrogens is 210 g/mol. The first kappa shape index (κ1) is 10.6. The lowest BCUT2D eigenvalue weighted by atomic mass is 9.95. The molecule has 0 fully saturated rings. The summed E-state index contributed by atoms with van der Waals surface area (Å²) in [6.07, 6.45) is 4.44. The zero-order chi connectivity index (χ0) is 11.8. The van der Waals surface area contributed by atoms with Gasteiger partial charge in [-0.15, -0.1) is 0 Å². The Balaban J connectivity index is 2.23. The molecule has 0 aliphatic heterocycles. The largest absolute Gasteiger partial charge is 0.358 e. The minimum absolute atomic E-state index is 0.0832. The number of nitrogens with one attached hydrogen (secondary N) is 1. The average molecular weight is 227 g/mol. The summed E-state index contributed by atoms with van der Waals surface area (Å²) >= 11 is 0. The van der Waals surface area contributed by atoms with Crippen LogP contribution in [-0.4, -0.2) is 10.8 Å². The van der Waals surface area contributed by atoms with Crippen LogP contribution in [0.1, 0.15) is 43.4 Å². The third-order valence-corrected chi connectivity index (χ3v) is 3.86. The van der Waals surface area contributed by atoms with Gasteiger partial charge in [0.1, 0.15) is 5.78 Å². The fourth-order valence-electron chi connectivity index (χ4n) is 2.99. The Morgan fingerprint density at radius 1 is 1.29 bits per heavy atom. The molecule has 2 nitrogen and oxygen atoms in total. The molecule has 3 rings (SSSR count). The van der Waals surface area contributed by atoms with Gasteiger partial charge in [-0.2, -0.15) is 0 Å². The van der Waals surface area contributed by atoms with E-state index < -0.39 is 0 Å². The third kappa shape index (κ3) is 1.68. The number of H-pyrrole nitrogens is 1. The zero-order valence-corrected chi connectivity index (χ0v) is 10.1. The van der Waals surface area contributed by atoms with Crippen LogP contribution in [0, 0.1) is 0 Å². The predicted octanol–water partition coefficient (Wildman–Crippen LogP) is 3.57. The maximum absolute atomic E-state index is 11.8. The van der Waals surface area contributed by atoms with E-state index in [0.717, 1.165) is 19.3 Å². The summed E-state index contributed by atoms with van der Waals surface area (Å²) in [5, 5.41) is 1.30. The predicted molar refractivity (Wildman–Crippen MR) is 69.3 cm³/mol. The lowest BCUT2D eigenvalue weighted by molar-refractivity contribution is -0.118. The minimum Gasteiger partial charge on any atom is -0.358 e. The number of hydrogen-bond acceptors (Lipinski definition) is 1. The van der Waals surface area contributed by atoms with Gasteiger partial charge in [0, 0.05) is 16.6 Å². The van der Waals surface area contributed by atoms with Gasteiger partial charge >= 0.3 is 0 Å². The van der Waals surface area contributed by atoms with E-state index in [9.17, 15) is 4.79 Å². The maximum Gasteiger partial charge on any atom is 0.138 e. The molecule has 1 aliphatic rings. The molecule has 88 valence electrons. The Morgan fingerprint density at radius 3 is 2.94 bits per heavy atom. The summed E-state index contributed by atoms with van der Waals surface area (Å²) in [5.41, 5.74) is 3.72. The van der Waals surface area contributed by atoms with E-state index in [-0.39, 0.29) is 5.92 Å². The molecule has 0 saturated carbocycles. The van der Waals surface area contributed by atoms with E-state index in [4.69, 9.17) is 0 Å². The van der Waals surface area contributed by atoms with Crippen molar-refractivity contribution in [3.63, 3.8) is 0 Å². The lowest BCUT2D eigenvalue weighted by Crippen LogP contribution is -2.09. The zero-order valence-electron chi connectivity index (χ0n) is 10.1. The molecule has 2 aromatic rings. The van der Waals surface area contributed by atoms with Gasteiger partial charge in [0.15, 0.2) is 0 Å². The van der Waals surface area contributed by atoms with Gasteiger partial charge in [-0.05, 0) is 37.8 Å². The molecule has 0 amide bonds. The number of aromatic nitrogens is 1. The number of aryl methyl sites for hydroxylation is 1.